The van der Waals surface area contributed by atoms with E-state index >= 15 is 0 Å². The lowest BCUT2D eigenvalue weighted by Crippen LogP contribution is -2.01. The fourth-order valence-corrected chi connectivity index (χ4v) is 2.52. The van der Waals surface area contributed by atoms with Gasteiger partial charge < -0.3 is 9.84 Å². The van der Waals surface area contributed by atoms with Crippen molar-refractivity contribution >= 4 is 11.6 Å². The number of benzene rings is 2. The number of methoxy groups -OCH3 is 1. The third-order valence-electron chi connectivity index (χ3n) is 3.30. The summed E-state index contributed by atoms with van der Waals surface area (Å²) >= 11 is 6.11. The van der Waals surface area contributed by atoms with Gasteiger partial charge in [0.25, 0.3) is 0 Å². The van der Waals surface area contributed by atoms with Gasteiger partial charge in [0.1, 0.15) is 11.9 Å². The number of aliphatic hydroxyl groups excluding tert-OH is 1. The fraction of sp³-hybridized carbons (Fsp3) is 0.294. The van der Waals surface area contributed by atoms with Gasteiger partial charge in [-0.15, -0.1) is 0 Å². The molecule has 2 rings (SSSR count). The standard InChI is InChI=1S/C17H19ClO2/c1-3-5-12-6-4-7-13(10-12)17(19)14-8-9-16(20-2)15(18)11-14/h4,6-11,17,19H,3,5H2,1-2H3. The molecular formula is C17H19ClO2. The summed E-state index contributed by atoms with van der Waals surface area (Å²) in [5.74, 6) is 0.613. The van der Waals surface area contributed by atoms with E-state index in [1.165, 1.54) is 5.56 Å². The van der Waals surface area contributed by atoms with Gasteiger partial charge >= 0.3 is 0 Å². The molecular weight excluding hydrogens is 272 g/mol. The molecule has 0 radical (unpaired) electrons. The molecule has 1 atom stereocenters. The van der Waals surface area contributed by atoms with Gasteiger partial charge in [-0.25, -0.2) is 0 Å². The molecule has 0 aliphatic heterocycles. The van der Waals surface area contributed by atoms with Crippen molar-refractivity contribution in [3.05, 3.63) is 64.2 Å². The van der Waals surface area contributed by atoms with Crippen molar-refractivity contribution in [1.82, 2.24) is 0 Å². The first kappa shape index (κ1) is 14.9. The van der Waals surface area contributed by atoms with Gasteiger partial charge in [0, 0.05) is 0 Å². The molecule has 0 fully saturated rings. The highest BCUT2D eigenvalue weighted by atomic mass is 35.5. The number of rotatable bonds is 5. The first-order chi connectivity index (χ1) is 9.65. The van der Waals surface area contributed by atoms with E-state index in [4.69, 9.17) is 16.3 Å². The summed E-state index contributed by atoms with van der Waals surface area (Å²) in [7, 11) is 1.57. The minimum Gasteiger partial charge on any atom is -0.495 e. The topological polar surface area (TPSA) is 29.5 Å². The number of aryl methyl sites for hydroxylation is 1. The van der Waals surface area contributed by atoms with Gasteiger partial charge in [0.15, 0.2) is 0 Å². The number of ether oxygens (including phenoxy) is 1. The summed E-state index contributed by atoms with van der Waals surface area (Å²) < 4.78 is 5.12. The van der Waals surface area contributed by atoms with E-state index in [0.29, 0.717) is 10.8 Å². The lowest BCUT2D eigenvalue weighted by Gasteiger charge is -2.14. The maximum Gasteiger partial charge on any atom is 0.137 e. The van der Waals surface area contributed by atoms with Crippen LogP contribution < -0.4 is 4.74 Å². The van der Waals surface area contributed by atoms with Crippen molar-refractivity contribution < 1.29 is 9.84 Å². The van der Waals surface area contributed by atoms with E-state index < -0.39 is 6.10 Å². The molecule has 0 bridgehead atoms. The second-order valence-corrected chi connectivity index (χ2v) is 5.20. The zero-order chi connectivity index (χ0) is 14.5. The zero-order valence-electron chi connectivity index (χ0n) is 11.8. The SMILES string of the molecule is CCCc1cccc(C(O)c2ccc(OC)c(Cl)c2)c1. The van der Waals surface area contributed by atoms with Crippen LogP contribution in [0.15, 0.2) is 42.5 Å². The van der Waals surface area contributed by atoms with Crippen LogP contribution >= 0.6 is 11.6 Å². The fourth-order valence-electron chi connectivity index (χ4n) is 2.25. The molecule has 0 saturated carbocycles. The Labute approximate surface area is 125 Å². The average Bonchev–Trinajstić information content (AvgIpc) is 2.47. The molecule has 20 heavy (non-hydrogen) atoms. The quantitative estimate of drug-likeness (QED) is 0.885. The zero-order valence-corrected chi connectivity index (χ0v) is 12.5. The Morgan fingerprint density at radius 2 is 1.90 bits per heavy atom. The van der Waals surface area contributed by atoms with Crippen molar-refractivity contribution in [2.75, 3.05) is 7.11 Å². The van der Waals surface area contributed by atoms with Gasteiger partial charge in [0.05, 0.1) is 12.1 Å². The summed E-state index contributed by atoms with van der Waals surface area (Å²) in [5, 5.41) is 11.0. The molecule has 1 N–H and O–H groups in total. The minimum absolute atomic E-state index is 0.508. The highest BCUT2D eigenvalue weighted by Gasteiger charge is 2.13. The maximum absolute atomic E-state index is 10.5. The van der Waals surface area contributed by atoms with Crippen LogP contribution in [0.2, 0.25) is 5.02 Å². The summed E-state index contributed by atoms with van der Waals surface area (Å²) in [5.41, 5.74) is 2.89. The van der Waals surface area contributed by atoms with Crippen molar-refractivity contribution in [2.24, 2.45) is 0 Å². The predicted molar refractivity (Wildman–Crippen MR) is 82.5 cm³/mol. The maximum atomic E-state index is 10.5. The molecule has 1 unspecified atom stereocenters. The summed E-state index contributed by atoms with van der Waals surface area (Å²) in [6, 6.07) is 13.4. The van der Waals surface area contributed by atoms with Crippen LogP contribution in [0.1, 0.15) is 36.1 Å². The van der Waals surface area contributed by atoms with Crippen molar-refractivity contribution in [1.29, 1.82) is 0 Å². The van der Waals surface area contributed by atoms with Gasteiger partial charge in [-0.1, -0.05) is 55.3 Å². The third kappa shape index (κ3) is 3.33. The Morgan fingerprint density at radius 3 is 2.55 bits per heavy atom. The molecule has 0 aliphatic carbocycles. The number of hydrogen-bond acceptors (Lipinski definition) is 2. The van der Waals surface area contributed by atoms with Crippen LogP contribution in [0.25, 0.3) is 0 Å². The molecule has 0 aromatic heterocycles. The molecule has 0 saturated heterocycles. The summed E-state index contributed by atoms with van der Waals surface area (Å²) in [6.07, 6.45) is 1.44. The Balaban J connectivity index is 2.28. The Bertz CT molecular complexity index is 581. The first-order valence-electron chi connectivity index (χ1n) is 6.76. The molecule has 2 aromatic carbocycles. The first-order valence-corrected chi connectivity index (χ1v) is 7.13. The predicted octanol–water partition coefficient (Wildman–Crippen LogP) is 4.38. The molecule has 3 heteroatoms. The number of hydrogen-bond donors (Lipinski definition) is 1. The van der Waals surface area contributed by atoms with Gasteiger partial charge in [-0.05, 0) is 35.2 Å². The van der Waals surface area contributed by atoms with Crippen LogP contribution in [0.3, 0.4) is 0 Å². The van der Waals surface area contributed by atoms with E-state index in [2.05, 4.69) is 13.0 Å². The molecule has 0 heterocycles. The number of halogens is 1. The van der Waals surface area contributed by atoms with Crippen LogP contribution in [-0.4, -0.2) is 12.2 Å². The van der Waals surface area contributed by atoms with E-state index in [9.17, 15) is 5.11 Å². The van der Waals surface area contributed by atoms with Gasteiger partial charge in [-0.3, -0.25) is 0 Å². The van der Waals surface area contributed by atoms with Crippen molar-refractivity contribution in [3.63, 3.8) is 0 Å². The molecule has 0 amide bonds. The molecule has 0 spiro atoms. The number of aliphatic hydroxyl groups is 1. The van der Waals surface area contributed by atoms with Crippen molar-refractivity contribution in [3.8, 4) is 5.75 Å². The van der Waals surface area contributed by atoms with E-state index in [1.807, 2.05) is 24.3 Å². The Kier molecular flexibility index (Phi) is 5.05. The molecule has 2 aromatic rings. The molecule has 0 aliphatic rings. The molecule has 2 nitrogen and oxygen atoms in total. The van der Waals surface area contributed by atoms with E-state index in [-0.39, 0.29) is 0 Å². The lowest BCUT2D eigenvalue weighted by molar-refractivity contribution is 0.220. The smallest absolute Gasteiger partial charge is 0.137 e. The second-order valence-electron chi connectivity index (χ2n) is 4.79. The van der Waals surface area contributed by atoms with E-state index in [1.54, 1.807) is 19.2 Å². The average molecular weight is 291 g/mol. The highest BCUT2D eigenvalue weighted by Crippen LogP contribution is 2.30. The summed E-state index contributed by atoms with van der Waals surface area (Å²) in [4.78, 5) is 0. The normalized spacial score (nSPS) is 12.2. The van der Waals surface area contributed by atoms with Gasteiger partial charge in [0.2, 0.25) is 0 Å². The Hall–Kier alpha value is -1.51. The lowest BCUT2D eigenvalue weighted by atomic mass is 9.98. The van der Waals surface area contributed by atoms with Crippen LogP contribution in [0.4, 0.5) is 0 Å². The monoisotopic (exact) mass is 290 g/mol. The van der Waals surface area contributed by atoms with Gasteiger partial charge in [-0.2, -0.15) is 0 Å². The van der Waals surface area contributed by atoms with Crippen LogP contribution in [0.5, 0.6) is 5.75 Å². The second kappa shape index (κ2) is 6.78. The Morgan fingerprint density at radius 1 is 1.15 bits per heavy atom. The van der Waals surface area contributed by atoms with E-state index in [0.717, 1.165) is 24.0 Å². The van der Waals surface area contributed by atoms with Crippen LogP contribution in [0, 0.1) is 0 Å². The summed E-state index contributed by atoms with van der Waals surface area (Å²) in [6.45, 7) is 2.15. The largest absolute Gasteiger partial charge is 0.495 e. The van der Waals surface area contributed by atoms with Crippen LogP contribution in [-0.2, 0) is 6.42 Å². The van der Waals surface area contributed by atoms with Crippen molar-refractivity contribution in [2.45, 2.75) is 25.9 Å². The third-order valence-corrected chi connectivity index (χ3v) is 3.59. The highest BCUT2D eigenvalue weighted by molar-refractivity contribution is 6.32. The minimum atomic E-state index is -0.671. The molecule has 106 valence electrons.